The first kappa shape index (κ1) is 16.2. The van der Waals surface area contributed by atoms with Crippen LogP contribution in [0.4, 0.5) is 13.2 Å². The van der Waals surface area contributed by atoms with Crippen molar-refractivity contribution in [2.75, 3.05) is 5.75 Å². The highest BCUT2D eigenvalue weighted by Crippen LogP contribution is 2.37. The zero-order valence-electron chi connectivity index (χ0n) is 11.1. The van der Waals surface area contributed by atoms with Gasteiger partial charge in [-0.3, -0.25) is 16.3 Å². The molecule has 21 heavy (non-hydrogen) atoms. The summed E-state index contributed by atoms with van der Waals surface area (Å²) < 4.78 is 63.4. The van der Waals surface area contributed by atoms with E-state index in [1.165, 1.54) is 0 Å². The number of halogens is 3. The Hall–Kier alpha value is -1.19. The van der Waals surface area contributed by atoms with Crippen molar-refractivity contribution in [1.29, 1.82) is 0 Å². The molecule has 0 aromatic carbocycles. The van der Waals surface area contributed by atoms with Gasteiger partial charge in [-0.25, -0.2) is 8.42 Å². The molecule has 1 aromatic heterocycles. The summed E-state index contributed by atoms with van der Waals surface area (Å²) >= 11 is 0. The zero-order valence-corrected chi connectivity index (χ0v) is 11.9. The summed E-state index contributed by atoms with van der Waals surface area (Å²) in [6.45, 7) is 0. The van der Waals surface area contributed by atoms with E-state index in [0.717, 1.165) is 18.5 Å². The standard InChI is InChI=1S/C12H16F3N3O2S/c13-12(14,15)9-4-5-17-7-8(9)11(18-16)10-3-1-2-6-21(10,19)20/h4-5,7,10-11,18H,1-3,6,16H2. The Morgan fingerprint density at radius 1 is 1.38 bits per heavy atom. The van der Waals surface area contributed by atoms with Crippen LogP contribution >= 0.6 is 0 Å². The number of rotatable bonds is 3. The fourth-order valence-electron chi connectivity index (χ4n) is 2.66. The first-order chi connectivity index (χ1) is 9.77. The first-order valence-electron chi connectivity index (χ1n) is 6.46. The Bertz CT molecular complexity index is 604. The molecule has 5 nitrogen and oxygen atoms in total. The summed E-state index contributed by atoms with van der Waals surface area (Å²) in [6, 6.07) is -0.296. The van der Waals surface area contributed by atoms with Gasteiger partial charge >= 0.3 is 6.18 Å². The third-order valence-corrected chi connectivity index (χ3v) is 5.96. The SMILES string of the molecule is NNC(c1cnccc1C(F)(F)F)C1CCCCS1(=O)=O. The number of pyridine rings is 1. The van der Waals surface area contributed by atoms with Crippen molar-refractivity contribution < 1.29 is 21.6 Å². The molecule has 0 aliphatic carbocycles. The molecule has 9 heteroatoms. The monoisotopic (exact) mass is 323 g/mol. The van der Waals surface area contributed by atoms with E-state index in [4.69, 9.17) is 5.84 Å². The van der Waals surface area contributed by atoms with Crippen molar-refractivity contribution in [2.24, 2.45) is 5.84 Å². The summed E-state index contributed by atoms with van der Waals surface area (Å²) in [4.78, 5) is 3.68. The molecule has 2 heterocycles. The molecule has 0 amide bonds. The summed E-state index contributed by atoms with van der Waals surface area (Å²) in [5, 5.41) is -0.971. The molecule has 1 fully saturated rings. The van der Waals surface area contributed by atoms with Gasteiger partial charge in [0.1, 0.15) is 0 Å². The van der Waals surface area contributed by atoms with Crippen LogP contribution < -0.4 is 11.3 Å². The molecule has 1 aromatic rings. The highest BCUT2D eigenvalue weighted by atomic mass is 32.2. The molecular weight excluding hydrogens is 307 g/mol. The van der Waals surface area contributed by atoms with E-state index < -0.39 is 32.9 Å². The maximum atomic E-state index is 13.1. The lowest BCUT2D eigenvalue weighted by Gasteiger charge is -2.31. The maximum Gasteiger partial charge on any atom is 0.416 e. The quantitative estimate of drug-likeness (QED) is 0.651. The maximum absolute atomic E-state index is 13.1. The summed E-state index contributed by atoms with van der Waals surface area (Å²) in [5.41, 5.74) is 1.09. The van der Waals surface area contributed by atoms with Gasteiger partial charge in [0.15, 0.2) is 9.84 Å². The summed E-state index contributed by atoms with van der Waals surface area (Å²) in [6.07, 6.45) is -1.10. The van der Waals surface area contributed by atoms with Crippen LogP contribution in [-0.2, 0) is 16.0 Å². The first-order valence-corrected chi connectivity index (χ1v) is 8.17. The van der Waals surface area contributed by atoms with E-state index in [-0.39, 0.29) is 17.7 Å². The minimum atomic E-state index is -4.59. The molecule has 0 spiro atoms. The number of alkyl halides is 3. The molecular formula is C12H16F3N3O2S. The van der Waals surface area contributed by atoms with Crippen LogP contribution in [-0.4, -0.2) is 24.4 Å². The zero-order chi connectivity index (χ0) is 15.7. The number of sulfone groups is 1. The van der Waals surface area contributed by atoms with Gasteiger partial charge in [-0.2, -0.15) is 13.2 Å². The lowest BCUT2D eigenvalue weighted by atomic mass is 9.97. The Labute approximate surface area is 120 Å². The number of nitrogens with one attached hydrogen (secondary N) is 1. The van der Waals surface area contributed by atoms with Crippen LogP contribution in [0.15, 0.2) is 18.5 Å². The Morgan fingerprint density at radius 2 is 2.10 bits per heavy atom. The van der Waals surface area contributed by atoms with Crippen molar-refractivity contribution in [3.8, 4) is 0 Å². The minimum absolute atomic E-state index is 0.0303. The highest BCUT2D eigenvalue weighted by molar-refractivity contribution is 7.92. The van der Waals surface area contributed by atoms with E-state index in [0.29, 0.717) is 12.8 Å². The Kier molecular flexibility index (Phi) is 4.54. The molecule has 1 aliphatic heterocycles. The van der Waals surface area contributed by atoms with Crippen LogP contribution in [0.25, 0.3) is 0 Å². The summed E-state index contributed by atoms with van der Waals surface area (Å²) in [7, 11) is -3.48. The van der Waals surface area contributed by atoms with Crippen molar-refractivity contribution in [3.63, 3.8) is 0 Å². The lowest BCUT2D eigenvalue weighted by molar-refractivity contribution is -0.138. The fraction of sp³-hybridized carbons (Fsp3) is 0.583. The lowest BCUT2D eigenvalue weighted by Crippen LogP contribution is -2.44. The fourth-order valence-corrected chi connectivity index (χ4v) is 4.74. The van der Waals surface area contributed by atoms with E-state index in [9.17, 15) is 21.6 Å². The van der Waals surface area contributed by atoms with Crippen molar-refractivity contribution in [3.05, 3.63) is 29.6 Å². The average molecular weight is 323 g/mol. The number of hydrazine groups is 1. The molecule has 0 radical (unpaired) electrons. The van der Waals surface area contributed by atoms with Crippen LogP contribution in [0.3, 0.4) is 0 Å². The number of nitrogens with zero attached hydrogens (tertiary/aromatic N) is 1. The van der Waals surface area contributed by atoms with E-state index in [1.807, 2.05) is 0 Å². The van der Waals surface area contributed by atoms with Gasteiger partial charge < -0.3 is 0 Å². The van der Waals surface area contributed by atoms with Gasteiger partial charge in [0.2, 0.25) is 0 Å². The van der Waals surface area contributed by atoms with Crippen LogP contribution in [0, 0.1) is 0 Å². The number of aromatic nitrogens is 1. The third kappa shape index (κ3) is 3.35. The number of nitrogens with two attached hydrogens (primary N) is 1. The molecule has 2 atom stereocenters. The molecule has 2 rings (SSSR count). The van der Waals surface area contributed by atoms with Gasteiger partial charge in [-0.1, -0.05) is 6.42 Å². The van der Waals surface area contributed by atoms with Gasteiger partial charge in [0.25, 0.3) is 0 Å². The van der Waals surface area contributed by atoms with E-state index in [1.54, 1.807) is 0 Å². The average Bonchev–Trinajstić information content (AvgIpc) is 2.40. The van der Waals surface area contributed by atoms with Gasteiger partial charge in [-0.05, 0) is 18.9 Å². The van der Waals surface area contributed by atoms with Gasteiger partial charge in [0.05, 0.1) is 22.6 Å². The summed E-state index contributed by atoms with van der Waals surface area (Å²) in [5.74, 6) is 5.33. The predicted molar refractivity (Wildman–Crippen MR) is 70.7 cm³/mol. The van der Waals surface area contributed by atoms with Crippen LogP contribution in [0.5, 0.6) is 0 Å². The smallest absolute Gasteiger partial charge is 0.271 e. The molecule has 1 aliphatic rings. The normalized spacial score (nSPS) is 23.7. The Morgan fingerprint density at radius 3 is 2.67 bits per heavy atom. The second kappa shape index (κ2) is 5.90. The number of hydrogen-bond donors (Lipinski definition) is 2. The van der Waals surface area contributed by atoms with Crippen LogP contribution in [0.2, 0.25) is 0 Å². The van der Waals surface area contributed by atoms with Gasteiger partial charge in [-0.15, -0.1) is 0 Å². The molecule has 118 valence electrons. The largest absolute Gasteiger partial charge is 0.416 e. The molecule has 1 saturated heterocycles. The molecule has 3 N–H and O–H groups in total. The van der Waals surface area contributed by atoms with Crippen molar-refractivity contribution in [2.45, 2.75) is 36.7 Å². The molecule has 2 unspecified atom stereocenters. The highest BCUT2D eigenvalue weighted by Gasteiger charge is 2.41. The van der Waals surface area contributed by atoms with Gasteiger partial charge in [0, 0.05) is 18.0 Å². The van der Waals surface area contributed by atoms with Crippen molar-refractivity contribution >= 4 is 9.84 Å². The second-order valence-electron chi connectivity index (χ2n) is 5.01. The van der Waals surface area contributed by atoms with Crippen LogP contribution in [0.1, 0.15) is 36.4 Å². The Balaban J connectivity index is 2.47. The number of hydrogen-bond acceptors (Lipinski definition) is 5. The minimum Gasteiger partial charge on any atom is -0.271 e. The van der Waals surface area contributed by atoms with Crippen molar-refractivity contribution in [1.82, 2.24) is 10.4 Å². The third-order valence-electron chi connectivity index (χ3n) is 3.67. The molecule has 0 saturated carbocycles. The van der Waals surface area contributed by atoms with E-state index in [2.05, 4.69) is 10.4 Å². The molecule has 0 bridgehead atoms. The van der Waals surface area contributed by atoms with E-state index >= 15 is 0 Å². The predicted octanol–water partition coefficient (Wildman–Crippen LogP) is 1.57. The second-order valence-corrected chi connectivity index (χ2v) is 7.35. The topological polar surface area (TPSA) is 85.1 Å².